The first-order chi connectivity index (χ1) is 11.1. The van der Waals surface area contributed by atoms with E-state index in [0.717, 1.165) is 23.3 Å². The summed E-state index contributed by atoms with van der Waals surface area (Å²) in [4.78, 5) is 12.0. The third-order valence-corrected chi connectivity index (χ3v) is 3.95. The van der Waals surface area contributed by atoms with Crippen LogP contribution in [0.25, 0.3) is 0 Å². The summed E-state index contributed by atoms with van der Waals surface area (Å²) in [6.07, 6.45) is 0.914. The Balaban J connectivity index is 1.56. The molecule has 0 unspecified atom stereocenters. The number of amides is 2. The van der Waals surface area contributed by atoms with Crippen LogP contribution in [0.5, 0.6) is 5.75 Å². The van der Waals surface area contributed by atoms with Crippen LogP contribution >= 0.6 is 0 Å². The van der Waals surface area contributed by atoms with Crippen LogP contribution in [-0.4, -0.2) is 12.6 Å². The Morgan fingerprint density at radius 2 is 2.04 bits per heavy atom. The van der Waals surface area contributed by atoms with Crippen molar-refractivity contribution >= 4 is 6.03 Å². The Bertz CT molecular complexity index is 701. The number of nitrogens with one attached hydrogen (secondary N) is 2. The molecule has 1 aliphatic rings. The number of hydrogen-bond acceptors (Lipinski definition) is 2. The summed E-state index contributed by atoms with van der Waals surface area (Å²) in [6.45, 7) is 2.96. The summed E-state index contributed by atoms with van der Waals surface area (Å²) < 4.78 is 18.5. The molecule has 1 heterocycles. The van der Waals surface area contributed by atoms with Crippen molar-refractivity contribution in [3.8, 4) is 5.75 Å². The second-order valence-electron chi connectivity index (χ2n) is 5.60. The lowest BCUT2D eigenvalue weighted by molar-refractivity contribution is 0.237. The fraction of sp³-hybridized carbons (Fsp3) is 0.278. The van der Waals surface area contributed by atoms with E-state index in [1.165, 1.54) is 17.7 Å². The van der Waals surface area contributed by atoms with Gasteiger partial charge in [0, 0.05) is 18.5 Å². The lowest BCUT2D eigenvalue weighted by atomic mass is 10.1. The van der Waals surface area contributed by atoms with Crippen molar-refractivity contribution in [3.05, 3.63) is 65.0 Å². The number of urea groups is 1. The highest BCUT2D eigenvalue weighted by Gasteiger charge is 2.16. The molecule has 0 saturated carbocycles. The Labute approximate surface area is 134 Å². The molecule has 2 aromatic carbocycles. The molecule has 0 aromatic heterocycles. The topological polar surface area (TPSA) is 50.4 Å². The largest absolute Gasteiger partial charge is 0.493 e. The van der Waals surface area contributed by atoms with Crippen LogP contribution in [0.2, 0.25) is 0 Å². The molecule has 3 rings (SSSR count). The number of ether oxygens (including phenoxy) is 1. The molecule has 23 heavy (non-hydrogen) atoms. The number of halogens is 1. The van der Waals surface area contributed by atoms with Gasteiger partial charge in [-0.1, -0.05) is 30.3 Å². The first-order valence-corrected chi connectivity index (χ1v) is 7.67. The summed E-state index contributed by atoms with van der Waals surface area (Å²) in [5, 5.41) is 5.68. The second kappa shape index (κ2) is 6.69. The summed E-state index contributed by atoms with van der Waals surface area (Å²) in [7, 11) is 0. The molecule has 1 atom stereocenters. The molecule has 0 radical (unpaired) electrons. The Hall–Kier alpha value is -2.56. The maximum absolute atomic E-state index is 12.9. The number of carbonyl (C=O) groups is 1. The van der Waals surface area contributed by atoms with Crippen LogP contribution in [0, 0.1) is 5.82 Å². The van der Waals surface area contributed by atoms with Gasteiger partial charge in [0.25, 0.3) is 0 Å². The maximum Gasteiger partial charge on any atom is 0.315 e. The molecule has 0 aliphatic carbocycles. The highest BCUT2D eigenvalue weighted by molar-refractivity contribution is 5.74. The monoisotopic (exact) mass is 314 g/mol. The fourth-order valence-electron chi connectivity index (χ4n) is 2.68. The standard InChI is InChI=1S/C18H19FN2O2/c1-12(13-5-7-16(19)8-6-13)21-18(22)20-11-15-4-2-3-14-9-10-23-17(14)15/h2-8,12H,9-11H2,1H3,(H2,20,21,22)/t12-/m1/s1. The minimum Gasteiger partial charge on any atom is -0.493 e. The Morgan fingerprint density at radius 3 is 2.83 bits per heavy atom. The van der Waals surface area contributed by atoms with Gasteiger partial charge in [0.05, 0.1) is 12.6 Å². The van der Waals surface area contributed by atoms with E-state index in [4.69, 9.17) is 4.74 Å². The molecule has 0 saturated heterocycles. The molecule has 0 bridgehead atoms. The lowest BCUT2D eigenvalue weighted by Gasteiger charge is -2.15. The minimum absolute atomic E-state index is 0.201. The zero-order chi connectivity index (χ0) is 16.2. The summed E-state index contributed by atoms with van der Waals surface area (Å²) in [5.41, 5.74) is 3.01. The van der Waals surface area contributed by atoms with E-state index < -0.39 is 0 Å². The van der Waals surface area contributed by atoms with Gasteiger partial charge < -0.3 is 15.4 Å². The van der Waals surface area contributed by atoms with Crippen LogP contribution in [0.4, 0.5) is 9.18 Å². The van der Waals surface area contributed by atoms with Gasteiger partial charge in [-0.3, -0.25) is 0 Å². The van der Waals surface area contributed by atoms with Crippen molar-refractivity contribution < 1.29 is 13.9 Å². The normalized spacial score (nSPS) is 13.8. The van der Waals surface area contributed by atoms with Crippen molar-refractivity contribution in [2.75, 3.05) is 6.61 Å². The Morgan fingerprint density at radius 1 is 1.26 bits per heavy atom. The fourth-order valence-corrected chi connectivity index (χ4v) is 2.68. The maximum atomic E-state index is 12.9. The quantitative estimate of drug-likeness (QED) is 0.909. The molecule has 2 amide bonds. The van der Waals surface area contributed by atoms with Crippen LogP contribution in [0.15, 0.2) is 42.5 Å². The highest BCUT2D eigenvalue weighted by atomic mass is 19.1. The molecule has 2 aromatic rings. The molecule has 4 nitrogen and oxygen atoms in total. The number of carbonyl (C=O) groups excluding carboxylic acids is 1. The predicted octanol–water partition coefficient (Wildman–Crippen LogP) is 3.32. The van der Waals surface area contributed by atoms with E-state index in [1.807, 2.05) is 25.1 Å². The second-order valence-corrected chi connectivity index (χ2v) is 5.60. The van der Waals surface area contributed by atoms with Gasteiger partial charge in [-0.2, -0.15) is 0 Å². The highest BCUT2D eigenvalue weighted by Crippen LogP contribution is 2.29. The molecule has 2 N–H and O–H groups in total. The van der Waals surface area contributed by atoms with E-state index in [9.17, 15) is 9.18 Å². The van der Waals surface area contributed by atoms with Gasteiger partial charge >= 0.3 is 6.03 Å². The first-order valence-electron chi connectivity index (χ1n) is 7.67. The third-order valence-electron chi connectivity index (χ3n) is 3.95. The van der Waals surface area contributed by atoms with Crippen molar-refractivity contribution in [2.24, 2.45) is 0 Å². The Kier molecular flexibility index (Phi) is 4.46. The zero-order valence-electron chi connectivity index (χ0n) is 12.9. The number of rotatable bonds is 4. The number of hydrogen-bond donors (Lipinski definition) is 2. The van der Waals surface area contributed by atoms with Crippen LogP contribution < -0.4 is 15.4 Å². The van der Waals surface area contributed by atoms with Crippen molar-refractivity contribution in [1.29, 1.82) is 0 Å². The zero-order valence-corrected chi connectivity index (χ0v) is 12.9. The van der Waals surface area contributed by atoms with Gasteiger partial charge in [0.2, 0.25) is 0 Å². The molecular formula is C18H19FN2O2. The summed E-state index contributed by atoms with van der Waals surface area (Å²) in [5.74, 6) is 0.600. The average Bonchev–Trinajstić information content (AvgIpc) is 3.02. The molecule has 5 heteroatoms. The molecule has 120 valence electrons. The van der Waals surface area contributed by atoms with Crippen LogP contribution in [0.1, 0.15) is 29.7 Å². The average molecular weight is 314 g/mol. The molecule has 0 spiro atoms. The third kappa shape index (κ3) is 3.62. The first kappa shape index (κ1) is 15.3. The number of fused-ring (bicyclic) bond motifs is 1. The van der Waals surface area contributed by atoms with Crippen molar-refractivity contribution in [3.63, 3.8) is 0 Å². The SMILES string of the molecule is C[C@@H](NC(=O)NCc1cccc2c1OCC2)c1ccc(F)cc1. The summed E-state index contributed by atoms with van der Waals surface area (Å²) >= 11 is 0. The van der Waals surface area contributed by atoms with E-state index >= 15 is 0 Å². The minimum atomic E-state index is -0.289. The van der Waals surface area contributed by atoms with Gasteiger partial charge in [-0.25, -0.2) is 9.18 Å². The molecular weight excluding hydrogens is 295 g/mol. The van der Waals surface area contributed by atoms with Crippen LogP contribution in [-0.2, 0) is 13.0 Å². The van der Waals surface area contributed by atoms with E-state index in [2.05, 4.69) is 10.6 Å². The van der Waals surface area contributed by atoms with Gasteiger partial charge in [0.1, 0.15) is 11.6 Å². The smallest absolute Gasteiger partial charge is 0.315 e. The van der Waals surface area contributed by atoms with Gasteiger partial charge in [-0.15, -0.1) is 0 Å². The number of benzene rings is 2. The van der Waals surface area contributed by atoms with Crippen molar-refractivity contribution in [1.82, 2.24) is 10.6 Å². The van der Waals surface area contributed by atoms with E-state index in [1.54, 1.807) is 12.1 Å². The van der Waals surface area contributed by atoms with E-state index in [-0.39, 0.29) is 17.9 Å². The van der Waals surface area contributed by atoms with Crippen LogP contribution in [0.3, 0.4) is 0 Å². The van der Waals surface area contributed by atoms with E-state index in [0.29, 0.717) is 13.2 Å². The summed E-state index contributed by atoms with van der Waals surface area (Å²) in [6, 6.07) is 11.6. The lowest BCUT2D eigenvalue weighted by Crippen LogP contribution is -2.36. The molecule has 1 aliphatic heterocycles. The van der Waals surface area contributed by atoms with Gasteiger partial charge in [0.15, 0.2) is 0 Å². The predicted molar refractivity (Wildman–Crippen MR) is 85.8 cm³/mol. The van der Waals surface area contributed by atoms with Gasteiger partial charge in [-0.05, 0) is 30.2 Å². The molecule has 0 fully saturated rings. The number of para-hydroxylation sites is 1. The van der Waals surface area contributed by atoms with Crippen molar-refractivity contribution in [2.45, 2.75) is 25.9 Å².